The molecule has 4 aromatic rings. The Morgan fingerprint density at radius 3 is 2.56 bits per heavy atom. The van der Waals surface area contributed by atoms with Gasteiger partial charge in [-0.1, -0.05) is 56.3 Å². The van der Waals surface area contributed by atoms with Crippen LogP contribution in [0.15, 0.2) is 72.3 Å². The number of allylic oxidation sites excluding steroid dienone is 2. The fraction of sp³-hybridized carbons (Fsp3) is 0.259. The quantitative estimate of drug-likeness (QED) is 0.437. The number of Topliss-reactive ketones (excluding diaryl/α,β-unsaturated/α-hetero) is 1. The fourth-order valence-electron chi connectivity index (χ4n) is 4.98. The number of fused-ring (bicyclic) bond motifs is 3. The Labute approximate surface area is 197 Å². The number of rotatable bonds is 3. The van der Waals surface area contributed by atoms with E-state index in [1.807, 2.05) is 54.6 Å². The maximum atomic E-state index is 13.5. The summed E-state index contributed by atoms with van der Waals surface area (Å²) >= 11 is 0. The second kappa shape index (κ2) is 7.52. The number of carbonyl (C=O) groups is 1. The number of carbonyl (C=O) groups excluding carboxylic acids is 1. The topological polar surface area (TPSA) is 78.6 Å². The first kappa shape index (κ1) is 20.6. The third kappa shape index (κ3) is 3.27. The second-order valence-electron chi connectivity index (χ2n) is 9.62. The summed E-state index contributed by atoms with van der Waals surface area (Å²) < 4.78 is 13.3. The average molecular weight is 453 g/mol. The summed E-state index contributed by atoms with van der Waals surface area (Å²) in [5.41, 5.74) is 3.79. The SMILES string of the molecule is COc1ccc([C@@H]2C3=C(CC(C)(C)CC3=O)Oc3ncn4nc(-c5ccccc5)nc4c32)cc1. The first-order chi connectivity index (χ1) is 16.4. The van der Waals surface area contributed by atoms with Crippen molar-refractivity contribution in [3.05, 3.63) is 83.4 Å². The molecule has 0 saturated carbocycles. The van der Waals surface area contributed by atoms with Gasteiger partial charge in [0.05, 0.1) is 12.7 Å². The van der Waals surface area contributed by atoms with Gasteiger partial charge >= 0.3 is 0 Å². The fourth-order valence-corrected chi connectivity index (χ4v) is 4.98. The average Bonchev–Trinajstić information content (AvgIpc) is 3.27. The van der Waals surface area contributed by atoms with Crippen molar-refractivity contribution in [3.63, 3.8) is 0 Å². The van der Waals surface area contributed by atoms with Crippen molar-refractivity contribution in [2.45, 2.75) is 32.6 Å². The lowest BCUT2D eigenvalue weighted by Gasteiger charge is -2.37. The Bertz CT molecular complexity index is 1450. The maximum Gasteiger partial charge on any atom is 0.228 e. The zero-order valence-electron chi connectivity index (χ0n) is 19.3. The van der Waals surface area contributed by atoms with Gasteiger partial charge in [-0.15, -0.1) is 5.10 Å². The predicted octanol–water partition coefficient (Wildman–Crippen LogP) is 4.97. The summed E-state index contributed by atoms with van der Waals surface area (Å²) in [5.74, 6) is 2.28. The third-order valence-corrected chi connectivity index (χ3v) is 6.54. The number of hydrogen-bond acceptors (Lipinski definition) is 6. The van der Waals surface area contributed by atoms with Crippen LogP contribution in [-0.4, -0.2) is 32.5 Å². The molecule has 7 heteroatoms. The van der Waals surface area contributed by atoms with Gasteiger partial charge in [0.25, 0.3) is 0 Å². The number of benzene rings is 2. The molecule has 0 radical (unpaired) electrons. The van der Waals surface area contributed by atoms with Crippen LogP contribution in [0.4, 0.5) is 0 Å². The Morgan fingerprint density at radius 1 is 1.06 bits per heavy atom. The van der Waals surface area contributed by atoms with E-state index < -0.39 is 0 Å². The lowest BCUT2D eigenvalue weighted by molar-refractivity contribution is -0.118. The lowest BCUT2D eigenvalue weighted by atomic mass is 9.70. The van der Waals surface area contributed by atoms with Crippen LogP contribution in [0.2, 0.25) is 0 Å². The highest BCUT2D eigenvalue weighted by molar-refractivity contribution is 6.00. The van der Waals surface area contributed by atoms with Crippen LogP contribution in [-0.2, 0) is 4.79 Å². The number of aromatic nitrogens is 4. The van der Waals surface area contributed by atoms with Gasteiger partial charge in [-0.2, -0.15) is 0 Å². The van der Waals surface area contributed by atoms with E-state index in [0.717, 1.165) is 22.4 Å². The molecule has 0 amide bonds. The van der Waals surface area contributed by atoms with Crippen LogP contribution >= 0.6 is 0 Å². The molecular weight excluding hydrogens is 428 g/mol. The summed E-state index contributed by atoms with van der Waals surface area (Å²) in [7, 11) is 1.64. The molecule has 0 saturated heterocycles. The van der Waals surface area contributed by atoms with Gasteiger partial charge in [-0.25, -0.2) is 14.5 Å². The highest BCUT2D eigenvalue weighted by Gasteiger charge is 2.44. The smallest absolute Gasteiger partial charge is 0.228 e. The molecule has 1 aliphatic heterocycles. The highest BCUT2D eigenvalue weighted by Crippen LogP contribution is 2.50. The molecule has 2 aliphatic rings. The molecule has 3 heterocycles. The van der Waals surface area contributed by atoms with Crippen molar-refractivity contribution >= 4 is 11.4 Å². The third-order valence-electron chi connectivity index (χ3n) is 6.54. The molecule has 7 nitrogen and oxygen atoms in total. The largest absolute Gasteiger partial charge is 0.497 e. The second-order valence-corrected chi connectivity index (χ2v) is 9.62. The summed E-state index contributed by atoms with van der Waals surface area (Å²) in [6.45, 7) is 4.19. The Kier molecular flexibility index (Phi) is 4.55. The molecule has 0 bridgehead atoms. The van der Waals surface area contributed by atoms with Crippen LogP contribution in [0, 0.1) is 5.41 Å². The van der Waals surface area contributed by atoms with E-state index in [0.29, 0.717) is 41.5 Å². The van der Waals surface area contributed by atoms with E-state index in [2.05, 4.69) is 23.9 Å². The lowest BCUT2D eigenvalue weighted by Crippen LogP contribution is -2.33. The van der Waals surface area contributed by atoms with Gasteiger partial charge in [0, 0.05) is 29.9 Å². The molecule has 170 valence electrons. The summed E-state index contributed by atoms with van der Waals surface area (Å²) in [6, 6.07) is 17.6. The van der Waals surface area contributed by atoms with Crippen molar-refractivity contribution in [2.75, 3.05) is 7.11 Å². The zero-order valence-corrected chi connectivity index (χ0v) is 19.3. The Balaban J connectivity index is 1.59. The van der Waals surface area contributed by atoms with E-state index in [9.17, 15) is 4.79 Å². The van der Waals surface area contributed by atoms with Gasteiger partial charge in [0.15, 0.2) is 17.3 Å². The number of nitrogens with zero attached hydrogens (tertiary/aromatic N) is 4. The first-order valence-electron chi connectivity index (χ1n) is 11.3. The van der Waals surface area contributed by atoms with Gasteiger partial charge < -0.3 is 9.47 Å². The van der Waals surface area contributed by atoms with Crippen LogP contribution in [0.3, 0.4) is 0 Å². The van der Waals surface area contributed by atoms with E-state index >= 15 is 0 Å². The van der Waals surface area contributed by atoms with Crippen LogP contribution in [0.25, 0.3) is 17.0 Å². The molecule has 34 heavy (non-hydrogen) atoms. The predicted molar refractivity (Wildman–Crippen MR) is 127 cm³/mol. The van der Waals surface area contributed by atoms with E-state index in [-0.39, 0.29) is 17.1 Å². The summed E-state index contributed by atoms with van der Waals surface area (Å²) in [4.78, 5) is 23.0. The molecule has 6 rings (SSSR count). The van der Waals surface area contributed by atoms with Crippen LogP contribution in [0.1, 0.15) is 43.7 Å². The molecule has 0 unspecified atom stereocenters. The molecule has 0 fully saturated rings. The van der Waals surface area contributed by atoms with Gasteiger partial charge in [-0.3, -0.25) is 4.79 Å². The normalized spacial score (nSPS) is 18.9. The van der Waals surface area contributed by atoms with E-state index in [4.69, 9.17) is 14.5 Å². The number of methoxy groups -OCH3 is 1. The number of hydrogen-bond donors (Lipinski definition) is 0. The minimum atomic E-state index is -0.350. The molecule has 0 N–H and O–H groups in total. The monoisotopic (exact) mass is 452 g/mol. The van der Waals surface area contributed by atoms with Crippen LogP contribution < -0.4 is 9.47 Å². The minimum Gasteiger partial charge on any atom is -0.497 e. The van der Waals surface area contributed by atoms with Gasteiger partial charge in [-0.05, 0) is 23.1 Å². The first-order valence-corrected chi connectivity index (χ1v) is 11.3. The standard InChI is InChI=1S/C27H24N4O3/c1-27(2)13-19(32)22-20(14-27)34-26-23(21(22)16-9-11-18(33-3)12-10-16)25-29-24(30-31(25)15-28-26)17-7-5-4-6-8-17/h4-12,15,21H,13-14H2,1-3H3/t21-/m1/s1. The summed E-state index contributed by atoms with van der Waals surface area (Å²) in [6.07, 6.45) is 2.77. The molecule has 0 spiro atoms. The molecule has 2 aromatic carbocycles. The van der Waals surface area contributed by atoms with Crippen molar-refractivity contribution < 1.29 is 14.3 Å². The minimum absolute atomic E-state index is 0.0996. The molecular formula is C27H24N4O3. The molecule has 2 aromatic heterocycles. The van der Waals surface area contributed by atoms with Gasteiger partial charge in [0.2, 0.25) is 5.88 Å². The van der Waals surface area contributed by atoms with Crippen molar-refractivity contribution in [3.8, 4) is 23.0 Å². The molecule has 1 atom stereocenters. The number of ether oxygens (including phenoxy) is 2. The van der Waals surface area contributed by atoms with Gasteiger partial charge in [0.1, 0.15) is 17.8 Å². The number of ketones is 1. The van der Waals surface area contributed by atoms with E-state index in [1.165, 1.54) is 0 Å². The maximum absolute atomic E-state index is 13.5. The Hall–Kier alpha value is -4.00. The molecule has 1 aliphatic carbocycles. The summed E-state index contributed by atoms with van der Waals surface area (Å²) in [5, 5.41) is 4.66. The van der Waals surface area contributed by atoms with Crippen molar-refractivity contribution in [1.29, 1.82) is 0 Å². The van der Waals surface area contributed by atoms with Crippen LogP contribution in [0.5, 0.6) is 11.6 Å². The van der Waals surface area contributed by atoms with Crippen molar-refractivity contribution in [1.82, 2.24) is 19.6 Å². The Morgan fingerprint density at radius 2 is 1.82 bits per heavy atom. The zero-order chi connectivity index (χ0) is 23.4. The highest BCUT2D eigenvalue weighted by atomic mass is 16.5. The van der Waals surface area contributed by atoms with E-state index in [1.54, 1.807) is 18.0 Å². The van der Waals surface area contributed by atoms with Crippen molar-refractivity contribution in [2.24, 2.45) is 5.41 Å².